The molecule has 0 fully saturated rings. The van der Waals surface area contributed by atoms with Crippen LogP contribution in [0.15, 0.2) is 36.5 Å². The molecular weight excluding hydrogens is 334 g/mol. The zero-order valence-electron chi connectivity index (χ0n) is 17.2. The summed E-state index contributed by atoms with van der Waals surface area (Å²) in [5, 5.41) is 0. The molecule has 0 saturated heterocycles. The van der Waals surface area contributed by atoms with Gasteiger partial charge in [0.05, 0.1) is 0 Å². The molecule has 0 unspecified atom stereocenters. The average molecular weight is 364 g/mol. The number of fused-ring (bicyclic) bond motifs is 1. The summed E-state index contributed by atoms with van der Waals surface area (Å²) in [5.74, 6) is 6.45. The van der Waals surface area contributed by atoms with Gasteiger partial charge in [0.25, 0.3) is 0 Å². The van der Waals surface area contributed by atoms with Crippen LogP contribution in [0.3, 0.4) is 0 Å². The predicted molar refractivity (Wildman–Crippen MR) is 109 cm³/mol. The average Bonchev–Trinajstić information content (AvgIpc) is 2.66. The minimum Gasteiger partial charge on any atom is -0.352 e. The van der Waals surface area contributed by atoms with Crippen LogP contribution in [0.4, 0.5) is 0 Å². The molecule has 0 spiro atoms. The second-order valence-electron chi connectivity index (χ2n) is 8.56. The van der Waals surface area contributed by atoms with Crippen molar-refractivity contribution in [3.8, 4) is 11.8 Å². The van der Waals surface area contributed by atoms with Crippen LogP contribution in [0, 0.1) is 11.8 Å². The van der Waals surface area contributed by atoms with Crippen molar-refractivity contribution in [2.45, 2.75) is 57.7 Å². The summed E-state index contributed by atoms with van der Waals surface area (Å²) in [7, 11) is 3.22. The van der Waals surface area contributed by atoms with Crippen molar-refractivity contribution in [2.24, 2.45) is 0 Å². The molecule has 0 radical (unpaired) electrons. The van der Waals surface area contributed by atoms with Crippen LogP contribution in [0.5, 0.6) is 0 Å². The molecule has 0 saturated carbocycles. The molecular formula is C24H29NO2. The summed E-state index contributed by atoms with van der Waals surface area (Å²) in [4.78, 5) is 4.42. The minimum absolute atomic E-state index is 0.192. The summed E-state index contributed by atoms with van der Waals surface area (Å²) in [6, 6.07) is 10.5. The van der Waals surface area contributed by atoms with E-state index in [2.05, 4.69) is 62.7 Å². The van der Waals surface area contributed by atoms with E-state index in [4.69, 9.17) is 9.47 Å². The zero-order valence-corrected chi connectivity index (χ0v) is 17.2. The number of aromatic nitrogens is 1. The Morgan fingerprint density at radius 1 is 0.889 bits per heavy atom. The lowest BCUT2D eigenvalue weighted by atomic mass is 9.63. The van der Waals surface area contributed by atoms with Crippen molar-refractivity contribution in [1.82, 2.24) is 4.98 Å². The summed E-state index contributed by atoms with van der Waals surface area (Å²) in [6.07, 6.45) is 3.77. The number of ether oxygens (including phenoxy) is 2. The van der Waals surface area contributed by atoms with Gasteiger partial charge in [-0.15, -0.1) is 0 Å². The molecule has 3 heteroatoms. The quantitative estimate of drug-likeness (QED) is 0.560. The molecule has 0 aliphatic heterocycles. The van der Waals surface area contributed by atoms with Gasteiger partial charge in [-0.3, -0.25) is 0 Å². The van der Waals surface area contributed by atoms with Crippen LogP contribution < -0.4 is 0 Å². The van der Waals surface area contributed by atoms with Gasteiger partial charge in [0, 0.05) is 31.5 Å². The van der Waals surface area contributed by atoms with Gasteiger partial charge < -0.3 is 9.47 Å². The van der Waals surface area contributed by atoms with Gasteiger partial charge in [-0.2, -0.15) is 0 Å². The van der Waals surface area contributed by atoms with Crippen LogP contribution in [-0.4, -0.2) is 19.2 Å². The third kappa shape index (κ3) is 4.08. The molecule has 3 rings (SSSR count). The minimum atomic E-state index is -0.397. The number of hydrogen-bond donors (Lipinski definition) is 0. The number of rotatable bonds is 3. The zero-order chi connectivity index (χ0) is 19.7. The first-order valence-corrected chi connectivity index (χ1v) is 9.45. The molecule has 1 aromatic carbocycles. The van der Waals surface area contributed by atoms with Crippen molar-refractivity contribution in [3.63, 3.8) is 0 Å². The molecule has 0 bridgehead atoms. The molecule has 0 amide bonds. The first kappa shape index (κ1) is 19.6. The molecule has 1 aliphatic carbocycles. The second kappa shape index (κ2) is 7.46. The van der Waals surface area contributed by atoms with E-state index in [0.29, 0.717) is 0 Å². The topological polar surface area (TPSA) is 31.4 Å². The van der Waals surface area contributed by atoms with Gasteiger partial charge in [0.2, 0.25) is 0 Å². The fourth-order valence-corrected chi connectivity index (χ4v) is 3.79. The van der Waals surface area contributed by atoms with Gasteiger partial charge in [-0.05, 0) is 65.0 Å². The number of hydrogen-bond acceptors (Lipinski definition) is 3. The molecule has 1 heterocycles. The Balaban J connectivity index is 1.88. The maximum absolute atomic E-state index is 5.25. The lowest BCUT2D eigenvalue weighted by Gasteiger charge is -2.41. The highest BCUT2D eigenvalue weighted by Gasteiger charge is 2.36. The van der Waals surface area contributed by atoms with Crippen LogP contribution in [0.25, 0.3) is 0 Å². The first-order chi connectivity index (χ1) is 12.8. The van der Waals surface area contributed by atoms with Gasteiger partial charge in [0.15, 0.2) is 6.29 Å². The summed E-state index contributed by atoms with van der Waals surface area (Å²) < 4.78 is 10.5. The monoisotopic (exact) mass is 363 g/mol. The number of nitrogens with zero attached hydrogens (tertiary/aromatic N) is 1. The van der Waals surface area contributed by atoms with Crippen molar-refractivity contribution in [2.75, 3.05) is 14.2 Å². The lowest BCUT2D eigenvalue weighted by molar-refractivity contribution is -0.106. The van der Waals surface area contributed by atoms with Gasteiger partial charge in [-0.25, -0.2) is 4.98 Å². The Bertz CT molecular complexity index is 865. The number of benzene rings is 1. The van der Waals surface area contributed by atoms with Gasteiger partial charge >= 0.3 is 0 Å². The normalized spacial score (nSPS) is 17.1. The van der Waals surface area contributed by atoms with E-state index in [1.807, 2.05) is 12.1 Å². The summed E-state index contributed by atoms with van der Waals surface area (Å²) in [6.45, 7) is 9.34. The highest BCUT2D eigenvalue weighted by molar-refractivity contribution is 5.49. The molecule has 27 heavy (non-hydrogen) atoms. The third-order valence-corrected chi connectivity index (χ3v) is 5.67. The van der Waals surface area contributed by atoms with Crippen LogP contribution in [-0.2, 0) is 20.3 Å². The van der Waals surface area contributed by atoms with Crippen molar-refractivity contribution in [3.05, 3.63) is 64.5 Å². The van der Waals surface area contributed by atoms with E-state index in [0.717, 1.165) is 16.8 Å². The predicted octanol–water partition coefficient (Wildman–Crippen LogP) is 5.12. The van der Waals surface area contributed by atoms with E-state index in [-0.39, 0.29) is 10.8 Å². The number of pyridine rings is 1. The summed E-state index contributed by atoms with van der Waals surface area (Å²) in [5.41, 5.74) is 5.96. The Hall–Kier alpha value is -2.15. The molecule has 1 aliphatic rings. The van der Waals surface area contributed by atoms with Gasteiger partial charge in [-0.1, -0.05) is 39.7 Å². The smallest absolute Gasteiger partial charge is 0.184 e. The van der Waals surface area contributed by atoms with Crippen LogP contribution in [0.2, 0.25) is 0 Å². The summed E-state index contributed by atoms with van der Waals surface area (Å²) >= 11 is 0. The van der Waals surface area contributed by atoms with Crippen LogP contribution in [0.1, 0.15) is 74.8 Å². The van der Waals surface area contributed by atoms with Crippen molar-refractivity contribution in [1.29, 1.82) is 0 Å². The van der Waals surface area contributed by atoms with E-state index in [1.54, 1.807) is 20.4 Å². The maximum atomic E-state index is 5.25. The van der Waals surface area contributed by atoms with E-state index in [9.17, 15) is 0 Å². The molecule has 0 atom stereocenters. The highest BCUT2D eigenvalue weighted by Crippen LogP contribution is 2.45. The fourth-order valence-electron chi connectivity index (χ4n) is 3.79. The third-order valence-electron chi connectivity index (χ3n) is 5.67. The van der Waals surface area contributed by atoms with Crippen molar-refractivity contribution < 1.29 is 9.47 Å². The Kier molecular flexibility index (Phi) is 5.42. The molecule has 1 aromatic heterocycles. The second-order valence-corrected chi connectivity index (χ2v) is 8.56. The molecule has 2 aromatic rings. The van der Waals surface area contributed by atoms with Gasteiger partial charge in [0.1, 0.15) is 5.69 Å². The molecule has 142 valence electrons. The van der Waals surface area contributed by atoms with Crippen LogP contribution >= 0.6 is 0 Å². The molecule has 3 nitrogen and oxygen atoms in total. The Labute approximate surface area is 163 Å². The standard InChI is InChI=1S/C24H29NO2/c1-23(2)13-14-24(3,4)21-15-17(8-12-20(21)23)7-10-19-11-9-18(16-25-19)22(26-5)27-6/h8-9,11-12,15-16,22H,13-14H2,1-6H3. The largest absolute Gasteiger partial charge is 0.352 e. The van der Waals surface area contributed by atoms with Crippen molar-refractivity contribution >= 4 is 0 Å². The highest BCUT2D eigenvalue weighted by atomic mass is 16.7. The Morgan fingerprint density at radius 2 is 1.56 bits per heavy atom. The Morgan fingerprint density at radius 3 is 2.15 bits per heavy atom. The SMILES string of the molecule is COC(OC)c1ccc(C#Cc2ccc3c(c2)C(C)(C)CCC3(C)C)nc1. The fraction of sp³-hybridized carbons (Fsp3) is 0.458. The van der Waals surface area contributed by atoms with E-state index >= 15 is 0 Å². The lowest BCUT2D eigenvalue weighted by Crippen LogP contribution is -2.33. The number of methoxy groups -OCH3 is 2. The first-order valence-electron chi connectivity index (χ1n) is 9.45. The maximum Gasteiger partial charge on any atom is 0.184 e. The van der Waals surface area contributed by atoms with E-state index < -0.39 is 6.29 Å². The molecule has 0 N–H and O–H groups in total. The van der Waals surface area contributed by atoms with E-state index in [1.165, 1.54) is 24.0 Å².